The number of aliphatic hydroxyl groups excluding tert-OH is 1. The number of nitriles is 1. The van der Waals surface area contributed by atoms with Crippen LogP contribution < -0.4 is 5.32 Å². The van der Waals surface area contributed by atoms with Crippen molar-refractivity contribution in [1.29, 1.82) is 5.26 Å². The molecule has 0 amide bonds. The summed E-state index contributed by atoms with van der Waals surface area (Å²) in [5.41, 5.74) is 3.18. The van der Waals surface area contributed by atoms with E-state index in [0.717, 1.165) is 11.1 Å². The highest BCUT2D eigenvalue weighted by molar-refractivity contribution is 7.98. The van der Waals surface area contributed by atoms with Gasteiger partial charge in [0.2, 0.25) is 5.69 Å². The molecule has 1 aromatic heterocycles. The van der Waals surface area contributed by atoms with E-state index >= 15 is 0 Å². The molecule has 0 aliphatic heterocycles. The quantitative estimate of drug-likeness (QED) is 0.448. The standard InChI is InChI=1S/C22H18N4OS/c1-24-20-19(17-10-6-3-7-11-17)18(14-23)22(26-21(20)25-12-13-27)28-15-16-8-4-2-5-9-16/h2-11,27H,12-13,15H2,(H,25,26). The van der Waals surface area contributed by atoms with Crippen LogP contribution in [0.15, 0.2) is 65.7 Å². The number of hydrogen-bond acceptors (Lipinski definition) is 5. The Labute approximate surface area is 168 Å². The van der Waals surface area contributed by atoms with Crippen LogP contribution in [0.4, 0.5) is 11.5 Å². The maximum Gasteiger partial charge on any atom is 0.237 e. The molecular formula is C22H18N4OS. The smallest absolute Gasteiger partial charge is 0.237 e. The fourth-order valence-corrected chi connectivity index (χ4v) is 3.72. The van der Waals surface area contributed by atoms with Crippen molar-refractivity contribution in [3.63, 3.8) is 0 Å². The lowest BCUT2D eigenvalue weighted by Gasteiger charge is -2.16. The summed E-state index contributed by atoms with van der Waals surface area (Å²) in [6.07, 6.45) is 0. The molecule has 0 saturated carbocycles. The van der Waals surface area contributed by atoms with Gasteiger partial charge in [-0.05, 0) is 11.1 Å². The monoisotopic (exact) mass is 386 g/mol. The molecule has 6 heteroatoms. The lowest BCUT2D eigenvalue weighted by atomic mass is 10.00. The molecule has 0 saturated heterocycles. The Morgan fingerprint density at radius 3 is 2.39 bits per heavy atom. The largest absolute Gasteiger partial charge is 0.395 e. The third-order valence-electron chi connectivity index (χ3n) is 4.05. The minimum Gasteiger partial charge on any atom is -0.395 e. The minimum absolute atomic E-state index is 0.0771. The van der Waals surface area contributed by atoms with Gasteiger partial charge in [-0.2, -0.15) is 5.26 Å². The van der Waals surface area contributed by atoms with Crippen LogP contribution in [0.5, 0.6) is 0 Å². The second-order valence-corrected chi connectivity index (χ2v) is 6.84. The van der Waals surface area contributed by atoms with E-state index < -0.39 is 0 Å². The summed E-state index contributed by atoms with van der Waals surface area (Å²) >= 11 is 1.46. The molecule has 0 radical (unpaired) electrons. The Hall–Kier alpha value is -3.32. The molecule has 2 N–H and O–H groups in total. The maximum atomic E-state index is 9.88. The first-order valence-electron chi connectivity index (χ1n) is 8.71. The SMILES string of the molecule is [C-]#[N+]c1c(NCCO)nc(SCc2ccccc2)c(C#N)c1-c1ccccc1. The predicted octanol–water partition coefficient (Wildman–Crippen LogP) is 4.87. The van der Waals surface area contributed by atoms with Crippen molar-refractivity contribution < 1.29 is 5.11 Å². The van der Waals surface area contributed by atoms with Crippen LogP contribution in [0.3, 0.4) is 0 Å². The molecule has 2 aromatic carbocycles. The Morgan fingerprint density at radius 2 is 1.79 bits per heavy atom. The molecule has 0 atom stereocenters. The van der Waals surface area contributed by atoms with Crippen LogP contribution in [-0.4, -0.2) is 23.2 Å². The average molecular weight is 386 g/mol. The molecule has 0 spiro atoms. The number of benzene rings is 2. The summed E-state index contributed by atoms with van der Waals surface area (Å²) in [6.45, 7) is 7.85. The van der Waals surface area contributed by atoms with Gasteiger partial charge >= 0.3 is 0 Å². The number of nitrogens with zero attached hydrogens (tertiary/aromatic N) is 3. The third-order valence-corrected chi connectivity index (χ3v) is 5.09. The van der Waals surface area contributed by atoms with Gasteiger partial charge in [-0.1, -0.05) is 60.7 Å². The first-order valence-corrected chi connectivity index (χ1v) is 9.69. The van der Waals surface area contributed by atoms with Crippen molar-refractivity contribution in [3.8, 4) is 17.2 Å². The topological polar surface area (TPSA) is 73.3 Å². The van der Waals surface area contributed by atoms with E-state index in [1.165, 1.54) is 11.8 Å². The van der Waals surface area contributed by atoms with Gasteiger partial charge in [-0.3, -0.25) is 0 Å². The number of thioether (sulfide) groups is 1. The average Bonchev–Trinajstić information content (AvgIpc) is 2.76. The van der Waals surface area contributed by atoms with Gasteiger partial charge in [0.1, 0.15) is 16.9 Å². The van der Waals surface area contributed by atoms with Crippen LogP contribution in [0.2, 0.25) is 0 Å². The lowest BCUT2D eigenvalue weighted by Crippen LogP contribution is -2.09. The van der Waals surface area contributed by atoms with Crippen molar-refractivity contribution in [1.82, 2.24) is 4.98 Å². The number of rotatable bonds is 7. The van der Waals surface area contributed by atoms with Gasteiger partial charge in [0.15, 0.2) is 0 Å². The first kappa shape index (κ1) is 19.4. The summed E-state index contributed by atoms with van der Waals surface area (Å²) in [5, 5.41) is 22.6. The number of aliphatic hydroxyl groups is 1. The van der Waals surface area contributed by atoms with Gasteiger partial charge in [-0.25, -0.2) is 9.83 Å². The predicted molar refractivity (Wildman–Crippen MR) is 112 cm³/mol. The van der Waals surface area contributed by atoms with Crippen LogP contribution in [0.1, 0.15) is 11.1 Å². The van der Waals surface area contributed by atoms with E-state index in [-0.39, 0.29) is 13.2 Å². The zero-order chi connectivity index (χ0) is 19.8. The third kappa shape index (κ3) is 4.32. The second kappa shape index (κ2) is 9.57. The van der Waals surface area contributed by atoms with Crippen LogP contribution in [-0.2, 0) is 5.75 Å². The molecule has 28 heavy (non-hydrogen) atoms. The summed E-state index contributed by atoms with van der Waals surface area (Å²) in [5.74, 6) is 1.05. The van der Waals surface area contributed by atoms with E-state index in [0.29, 0.717) is 33.4 Å². The van der Waals surface area contributed by atoms with E-state index in [9.17, 15) is 10.4 Å². The van der Waals surface area contributed by atoms with Gasteiger partial charge in [0, 0.05) is 17.9 Å². The minimum atomic E-state index is -0.0771. The number of nitrogens with one attached hydrogen (secondary N) is 1. The molecule has 3 rings (SSSR count). The maximum absolute atomic E-state index is 9.88. The molecule has 0 aliphatic carbocycles. The van der Waals surface area contributed by atoms with Crippen molar-refractivity contribution in [2.24, 2.45) is 0 Å². The second-order valence-electron chi connectivity index (χ2n) is 5.88. The number of aromatic nitrogens is 1. The Bertz CT molecular complexity index is 1020. The van der Waals surface area contributed by atoms with Crippen LogP contribution >= 0.6 is 11.8 Å². The van der Waals surface area contributed by atoms with Gasteiger partial charge in [-0.15, -0.1) is 11.8 Å². The summed E-state index contributed by atoms with van der Waals surface area (Å²) < 4.78 is 0. The highest BCUT2D eigenvalue weighted by Gasteiger charge is 2.21. The van der Waals surface area contributed by atoms with E-state index in [1.54, 1.807) is 0 Å². The van der Waals surface area contributed by atoms with Crippen molar-refractivity contribution >= 4 is 23.3 Å². The molecular weight excluding hydrogens is 368 g/mol. The van der Waals surface area contributed by atoms with Gasteiger partial charge in [0.25, 0.3) is 0 Å². The normalized spacial score (nSPS) is 10.1. The molecule has 0 fully saturated rings. The molecule has 1 heterocycles. The Balaban J connectivity index is 2.13. The number of hydrogen-bond donors (Lipinski definition) is 2. The molecule has 0 unspecified atom stereocenters. The summed E-state index contributed by atoms with van der Waals surface area (Å²) in [6, 6.07) is 21.6. The van der Waals surface area contributed by atoms with E-state index in [2.05, 4.69) is 21.2 Å². The zero-order valence-electron chi connectivity index (χ0n) is 15.1. The van der Waals surface area contributed by atoms with E-state index in [4.69, 9.17) is 6.57 Å². The highest BCUT2D eigenvalue weighted by Crippen LogP contribution is 2.42. The Kier molecular flexibility index (Phi) is 6.64. The van der Waals surface area contributed by atoms with Gasteiger partial charge in [0.05, 0.1) is 18.7 Å². The van der Waals surface area contributed by atoms with Crippen molar-refractivity contribution in [2.45, 2.75) is 10.8 Å². The van der Waals surface area contributed by atoms with Gasteiger partial charge < -0.3 is 10.4 Å². The molecule has 0 aliphatic rings. The Morgan fingerprint density at radius 1 is 1.11 bits per heavy atom. The van der Waals surface area contributed by atoms with Crippen molar-refractivity contribution in [2.75, 3.05) is 18.5 Å². The lowest BCUT2D eigenvalue weighted by molar-refractivity contribution is 0.311. The van der Waals surface area contributed by atoms with Crippen molar-refractivity contribution in [3.05, 3.63) is 83.2 Å². The molecule has 3 aromatic rings. The molecule has 0 bridgehead atoms. The summed E-state index contributed by atoms with van der Waals surface area (Å²) in [4.78, 5) is 8.21. The fraction of sp³-hybridized carbons (Fsp3) is 0.136. The zero-order valence-corrected chi connectivity index (χ0v) is 15.9. The molecule has 5 nitrogen and oxygen atoms in total. The highest BCUT2D eigenvalue weighted by atomic mass is 32.2. The van der Waals surface area contributed by atoms with E-state index in [1.807, 2.05) is 60.7 Å². The number of anilines is 1. The molecule has 138 valence electrons. The first-order chi connectivity index (χ1) is 13.8. The van der Waals surface area contributed by atoms with Crippen LogP contribution in [0, 0.1) is 17.9 Å². The fourth-order valence-electron chi connectivity index (χ4n) is 2.78. The van der Waals surface area contributed by atoms with Crippen LogP contribution in [0.25, 0.3) is 16.0 Å². The summed E-state index contributed by atoms with van der Waals surface area (Å²) in [7, 11) is 0. The number of pyridine rings is 1.